The van der Waals surface area contributed by atoms with Crippen LogP contribution in [-0.2, 0) is 4.79 Å². The molecule has 1 N–H and O–H groups in total. The second-order valence-corrected chi connectivity index (χ2v) is 7.43. The molecular formula is C16H13F3N2O3S. The lowest BCUT2D eigenvalue weighted by Gasteiger charge is -2.47. The maximum Gasteiger partial charge on any atom is 0.573 e. The summed E-state index contributed by atoms with van der Waals surface area (Å²) in [7, 11) is 0. The summed E-state index contributed by atoms with van der Waals surface area (Å²) in [5.41, 5.74) is -0.295. The van der Waals surface area contributed by atoms with E-state index >= 15 is 0 Å². The van der Waals surface area contributed by atoms with Gasteiger partial charge in [-0.15, -0.1) is 24.5 Å². The molecule has 0 atom stereocenters. The number of alkyl halides is 3. The minimum Gasteiger partial charge on any atom is -0.406 e. The van der Waals surface area contributed by atoms with E-state index in [4.69, 9.17) is 0 Å². The highest BCUT2D eigenvalue weighted by Crippen LogP contribution is 2.35. The highest BCUT2D eigenvalue weighted by molar-refractivity contribution is 7.20. The van der Waals surface area contributed by atoms with Gasteiger partial charge in [0.05, 0.1) is 10.4 Å². The number of halogens is 3. The fourth-order valence-corrected chi connectivity index (χ4v) is 4.33. The van der Waals surface area contributed by atoms with E-state index in [1.165, 1.54) is 29.5 Å². The molecule has 2 aromatic rings. The number of nitrogens with one attached hydrogen (secondary N) is 1. The molecule has 0 bridgehead atoms. The average molecular weight is 370 g/mol. The topological polar surface area (TPSA) is 58.6 Å². The second kappa shape index (κ2) is 5.35. The lowest BCUT2D eigenvalue weighted by Crippen LogP contribution is -2.68. The summed E-state index contributed by atoms with van der Waals surface area (Å²) >= 11 is 1.23. The molecule has 4 rings (SSSR count). The number of likely N-dealkylation sites (tertiary alicyclic amines) is 1. The van der Waals surface area contributed by atoms with Crippen LogP contribution in [0.3, 0.4) is 0 Å². The summed E-state index contributed by atoms with van der Waals surface area (Å²) in [6.45, 7) is 0.933. The standard InChI is InChI=1S/C16H13F3N2O3S/c17-16(18,19)24-10-1-2-11-9(5-10)6-12(25-11)14(23)21-7-15(8-21)4-3-13(22)20-15/h1-2,5-6H,3-4,7-8H2,(H,20,22). The molecule has 0 radical (unpaired) electrons. The summed E-state index contributed by atoms with van der Waals surface area (Å²) < 4.78 is 41.5. The number of carbonyl (C=O) groups excluding carboxylic acids is 2. The largest absolute Gasteiger partial charge is 0.573 e. The molecule has 2 saturated heterocycles. The van der Waals surface area contributed by atoms with Crippen LogP contribution in [0.1, 0.15) is 22.5 Å². The van der Waals surface area contributed by atoms with E-state index in [0.29, 0.717) is 34.5 Å². The van der Waals surface area contributed by atoms with Gasteiger partial charge in [0.15, 0.2) is 0 Å². The van der Waals surface area contributed by atoms with Crippen LogP contribution >= 0.6 is 11.3 Å². The maximum atomic E-state index is 12.5. The van der Waals surface area contributed by atoms with Crippen molar-refractivity contribution < 1.29 is 27.5 Å². The summed E-state index contributed by atoms with van der Waals surface area (Å²) in [5.74, 6) is -0.481. The fourth-order valence-electron chi connectivity index (χ4n) is 3.32. The number of benzene rings is 1. The molecule has 0 saturated carbocycles. The normalized spacial score (nSPS) is 19.2. The second-order valence-electron chi connectivity index (χ2n) is 6.35. The number of hydrogen-bond acceptors (Lipinski definition) is 4. The third-order valence-corrected chi connectivity index (χ3v) is 5.55. The van der Waals surface area contributed by atoms with E-state index in [-0.39, 0.29) is 23.1 Å². The van der Waals surface area contributed by atoms with Crippen LogP contribution in [-0.4, -0.2) is 41.7 Å². The van der Waals surface area contributed by atoms with Gasteiger partial charge in [-0.1, -0.05) is 0 Å². The Kier molecular flexibility index (Phi) is 3.47. The summed E-state index contributed by atoms with van der Waals surface area (Å²) in [4.78, 5) is 26.0. The Labute approximate surface area is 144 Å². The Morgan fingerprint density at radius 3 is 2.68 bits per heavy atom. The number of thiophene rings is 1. The Bertz CT molecular complexity index is 871. The molecule has 3 heterocycles. The van der Waals surface area contributed by atoms with Gasteiger partial charge in [-0.25, -0.2) is 0 Å². The quantitative estimate of drug-likeness (QED) is 0.884. The molecule has 0 aliphatic carbocycles. The van der Waals surface area contributed by atoms with Crippen LogP contribution in [0.15, 0.2) is 24.3 Å². The highest BCUT2D eigenvalue weighted by atomic mass is 32.1. The van der Waals surface area contributed by atoms with Crippen LogP contribution in [0.4, 0.5) is 13.2 Å². The zero-order chi connectivity index (χ0) is 17.8. The minimum atomic E-state index is -4.75. The van der Waals surface area contributed by atoms with E-state index in [0.717, 1.165) is 6.42 Å². The lowest BCUT2D eigenvalue weighted by molar-refractivity contribution is -0.274. The minimum absolute atomic E-state index is 0.00570. The monoisotopic (exact) mass is 370 g/mol. The van der Waals surface area contributed by atoms with E-state index in [1.807, 2.05) is 0 Å². The van der Waals surface area contributed by atoms with Gasteiger partial charge in [-0.3, -0.25) is 9.59 Å². The molecule has 2 aliphatic heterocycles. The van der Waals surface area contributed by atoms with E-state index < -0.39 is 6.36 Å². The van der Waals surface area contributed by atoms with Gasteiger partial charge in [-0.05, 0) is 36.1 Å². The van der Waals surface area contributed by atoms with Crippen LogP contribution < -0.4 is 10.1 Å². The number of nitrogens with zero attached hydrogens (tertiary/aromatic N) is 1. The third-order valence-electron chi connectivity index (χ3n) is 4.44. The summed E-state index contributed by atoms with van der Waals surface area (Å²) in [6, 6.07) is 5.58. The van der Waals surface area contributed by atoms with Gasteiger partial charge < -0.3 is 15.0 Å². The highest BCUT2D eigenvalue weighted by Gasteiger charge is 2.49. The first-order chi connectivity index (χ1) is 11.7. The SMILES string of the molecule is O=C1CCC2(CN(C(=O)c3cc4cc(OC(F)(F)F)ccc4s3)C2)N1. The average Bonchev–Trinajstić information content (AvgIpc) is 3.06. The lowest BCUT2D eigenvalue weighted by atomic mass is 9.88. The molecule has 1 aromatic carbocycles. The Morgan fingerprint density at radius 2 is 2.04 bits per heavy atom. The van der Waals surface area contributed by atoms with Crippen LogP contribution in [0.5, 0.6) is 5.75 Å². The van der Waals surface area contributed by atoms with Gasteiger partial charge in [0.25, 0.3) is 5.91 Å². The van der Waals surface area contributed by atoms with Crippen molar-refractivity contribution >= 4 is 33.2 Å². The number of ether oxygens (including phenoxy) is 1. The molecule has 5 nitrogen and oxygen atoms in total. The number of rotatable bonds is 2. The Balaban J connectivity index is 1.50. The fraction of sp³-hybridized carbons (Fsp3) is 0.375. The van der Waals surface area contributed by atoms with Gasteiger partial charge in [0.2, 0.25) is 5.91 Å². The molecule has 2 aliphatic rings. The Hall–Kier alpha value is -2.29. The molecule has 132 valence electrons. The molecule has 9 heteroatoms. The summed E-state index contributed by atoms with van der Waals surface area (Å²) in [6.07, 6.45) is -3.55. The molecule has 25 heavy (non-hydrogen) atoms. The number of hydrogen-bond donors (Lipinski definition) is 1. The van der Waals surface area contributed by atoms with Crippen LogP contribution in [0, 0.1) is 0 Å². The zero-order valence-corrected chi connectivity index (χ0v) is 13.7. The molecule has 0 unspecified atom stereocenters. The van der Waals surface area contributed by atoms with Crippen LogP contribution in [0.25, 0.3) is 10.1 Å². The van der Waals surface area contributed by atoms with Crippen molar-refractivity contribution in [3.8, 4) is 5.75 Å². The van der Waals surface area contributed by atoms with Crippen molar-refractivity contribution in [2.75, 3.05) is 13.1 Å². The first-order valence-corrected chi connectivity index (χ1v) is 8.44. The Morgan fingerprint density at radius 1 is 1.28 bits per heavy atom. The van der Waals surface area contributed by atoms with Gasteiger partial charge in [0.1, 0.15) is 5.75 Å². The molecule has 2 amide bonds. The van der Waals surface area contributed by atoms with Crippen molar-refractivity contribution in [1.29, 1.82) is 0 Å². The number of fused-ring (bicyclic) bond motifs is 1. The van der Waals surface area contributed by atoms with Crippen molar-refractivity contribution in [3.63, 3.8) is 0 Å². The molecule has 2 fully saturated rings. The molecule has 1 aromatic heterocycles. The number of amides is 2. The molecular weight excluding hydrogens is 357 g/mol. The van der Waals surface area contributed by atoms with E-state index in [2.05, 4.69) is 10.1 Å². The predicted octanol–water partition coefficient (Wildman–Crippen LogP) is 2.90. The van der Waals surface area contributed by atoms with E-state index in [1.54, 1.807) is 11.0 Å². The maximum absolute atomic E-state index is 12.5. The predicted molar refractivity (Wildman–Crippen MR) is 84.5 cm³/mol. The van der Waals surface area contributed by atoms with Crippen molar-refractivity contribution in [1.82, 2.24) is 10.2 Å². The van der Waals surface area contributed by atoms with Gasteiger partial charge >= 0.3 is 6.36 Å². The van der Waals surface area contributed by atoms with Crippen LogP contribution in [0.2, 0.25) is 0 Å². The first kappa shape index (κ1) is 16.2. The molecule has 1 spiro atoms. The third kappa shape index (κ3) is 3.04. The zero-order valence-electron chi connectivity index (χ0n) is 12.9. The van der Waals surface area contributed by atoms with Gasteiger partial charge in [0, 0.05) is 24.2 Å². The smallest absolute Gasteiger partial charge is 0.406 e. The van der Waals surface area contributed by atoms with Gasteiger partial charge in [-0.2, -0.15) is 0 Å². The van der Waals surface area contributed by atoms with Crippen molar-refractivity contribution in [3.05, 3.63) is 29.1 Å². The van der Waals surface area contributed by atoms with E-state index in [9.17, 15) is 22.8 Å². The van der Waals surface area contributed by atoms with Crippen molar-refractivity contribution in [2.45, 2.75) is 24.7 Å². The first-order valence-electron chi connectivity index (χ1n) is 7.63. The van der Waals surface area contributed by atoms with Crippen molar-refractivity contribution in [2.24, 2.45) is 0 Å². The summed E-state index contributed by atoms with van der Waals surface area (Å²) in [5, 5.41) is 3.43. The number of carbonyl (C=O) groups is 2.